The van der Waals surface area contributed by atoms with Crippen LogP contribution in [0.1, 0.15) is 25.8 Å². The average molecular weight is 499 g/mol. The van der Waals surface area contributed by atoms with E-state index in [9.17, 15) is 4.79 Å². The van der Waals surface area contributed by atoms with E-state index < -0.39 is 6.16 Å². The fraction of sp³-hybridized carbons (Fsp3) is 0.222. The van der Waals surface area contributed by atoms with E-state index in [1.807, 2.05) is 41.8 Å². The maximum Gasteiger partial charge on any atom is 0.513 e. The molecule has 2 heterocycles. The smallest absolute Gasteiger partial charge is 0.465 e. The third-order valence-corrected chi connectivity index (χ3v) is 5.72. The van der Waals surface area contributed by atoms with Gasteiger partial charge < -0.3 is 14.2 Å². The molecule has 0 aliphatic rings. The van der Waals surface area contributed by atoms with E-state index in [0.717, 1.165) is 28.7 Å². The molecule has 0 saturated carbocycles. The average Bonchev–Trinajstić information content (AvgIpc) is 3.57. The van der Waals surface area contributed by atoms with E-state index in [4.69, 9.17) is 14.2 Å². The summed E-state index contributed by atoms with van der Waals surface area (Å²) in [7, 11) is 0. The number of hydrogen-bond acceptors (Lipinski definition) is 8. The highest BCUT2D eigenvalue weighted by Crippen LogP contribution is 2.33. The number of aromatic amines is 1. The Kier molecular flexibility index (Phi) is 7.07. The number of nitrogens with one attached hydrogen (secondary N) is 1. The summed E-state index contributed by atoms with van der Waals surface area (Å²) in [5.41, 5.74) is 5.30. The molecule has 37 heavy (non-hydrogen) atoms. The zero-order valence-electron chi connectivity index (χ0n) is 20.5. The first kappa shape index (κ1) is 24.0. The van der Waals surface area contributed by atoms with E-state index in [1.54, 1.807) is 19.1 Å². The normalized spacial score (nSPS) is 11.0. The third-order valence-electron chi connectivity index (χ3n) is 5.72. The van der Waals surface area contributed by atoms with Crippen molar-refractivity contribution in [1.29, 1.82) is 0 Å². The van der Waals surface area contributed by atoms with Gasteiger partial charge in [-0.1, -0.05) is 61.5 Å². The van der Waals surface area contributed by atoms with E-state index in [0.29, 0.717) is 41.8 Å². The Hall–Kier alpha value is -4.73. The molecule has 0 unspecified atom stereocenters. The predicted molar refractivity (Wildman–Crippen MR) is 137 cm³/mol. The Morgan fingerprint density at radius 3 is 2.51 bits per heavy atom. The monoisotopic (exact) mass is 498 g/mol. The van der Waals surface area contributed by atoms with Crippen molar-refractivity contribution in [2.45, 2.75) is 26.8 Å². The van der Waals surface area contributed by atoms with Gasteiger partial charge in [0, 0.05) is 5.56 Å². The van der Waals surface area contributed by atoms with Gasteiger partial charge in [0.1, 0.15) is 5.52 Å². The number of para-hydroxylation sites is 1. The lowest BCUT2D eigenvalue weighted by Crippen LogP contribution is -2.12. The van der Waals surface area contributed by atoms with Crippen LogP contribution in [0.3, 0.4) is 0 Å². The van der Waals surface area contributed by atoms with Crippen LogP contribution in [0.5, 0.6) is 11.8 Å². The first-order valence-electron chi connectivity index (χ1n) is 12.1. The van der Waals surface area contributed by atoms with Gasteiger partial charge in [-0.2, -0.15) is 4.98 Å². The summed E-state index contributed by atoms with van der Waals surface area (Å²) in [5.74, 6) is 0.970. The molecule has 10 heteroatoms. The van der Waals surface area contributed by atoms with Crippen molar-refractivity contribution < 1.29 is 19.0 Å². The molecule has 1 N–H and O–H groups in total. The minimum Gasteiger partial charge on any atom is -0.465 e. The van der Waals surface area contributed by atoms with Crippen molar-refractivity contribution in [3.63, 3.8) is 0 Å². The first-order chi connectivity index (χ1) is 18.2. The maximum atomic E-state index is 12.1. The molecule has 0 fully saturated rings. The molecular formula is C27H26N6O4. The minimum absolute atomic E-state index is 0.224. The SMILES string of the molecule is CCCOc1nc2cccc(OC(=O)OCC)c2n1Cc1ccc(-c2ccccc2-c2nnn[nH]2)cc1. The molecule has 0 aliphatic heterocycles. The Bertz CT molecular complexity index is 1500. The van der Waals surface area contributed by atoms with Gasteiger partial charge >= 0.3 is 6.16 Å². The molecule has 3 aromatic carbocycles. The quantitative estimate of drug-likeness (QED) is 0.216. The molecule has 0 bridgehead atoms. The number of tetrazole rings is 1. The summed E-state index contributed by atoms with van der Waals surface area (Å²) < 4.78 is 18.4. The third kappa shape index (κ3) is 5.13. The number of aromatic nitrogens is 6. The fourth-order valence-corrected chi connectivity index (χ4v) is 4.09. The largest absolute Gasteiger partial charge is 0.513 e. The van der Waals surface area contributed by atoms with Crippen LogP contribution in [0.4, 0.5) is 4.79 Å². The Morgan fingerprint density at radius 2 is 1.78 bits per heavy atom. The first-order valence-corrected chi connectivity index (χ1v) is 12.1. The summed E-state index contributed by atoms with van der Waals surface area (Å²) in [6.07, 6.45) is 0.0771. The summed E-state index contributed by atoms with van der Waals surface area (Å²) in [5, 5.41) is 14.3. The summed E-state index contributed by atoms with van der Waals surface area (Å²) in [4.78, 5) is 16.7. The van der Waals surface area contributed by atoms with Crippen LogP contribution in [0.15, 0.2) is 66.7 Å². The molecule has 5 rings (SSSR count). The second-order valence-electron chi connectivity index (χ2n) is 8.23. The highest BCUT2D eigenvalue weighted by atomic mass is 16.7. The molecule has 0 saturated heterocycles. The molecule has 0 spiro atoms. The van der Waals surface area contributed by atoms with Crippen LogP contribution in [0.25, 0.3) is 33.5 Å². The summed E-state index contributed by atoms with van der Waals surface area (Å²) >= 11 is 0. The maximum absolute atomic E-state index is 12.1. The molecular weight excluding hydrogens is 472 g/mol. The molecule has 0 radical (unpaired) electrons. The number of hydrogen-bond donors (Lipinski definition) is 1. The number of rotatable bonds is 9. The second-order valence-corrected chi connectivity index (χ2v) is 8.23. The van der Waals surface area contributed by atoms with E-state index >= 15 is 0 Å². The molecule has 0 amide bonds. The number of nitrogens with zero attached hydrogens (tertiary/aromatic N) is 5. The van der Waals surface area contributed by atoms with Gasteiger partial charge in [0.2, 0.25) is 0 Å². The van der Waals surface area contributed by atoms with Gasteiger partial charge in [-0.15, -0.1) is 5.10 Å². The van der Waals surface area contributed by atoms with E-state index in [2.05, 4.69) is 49.9 Å². The number of imidazole rings is 1. The molecule has 5 aromatic rings. The van der Waals surface area contributed by atoms with Crippen molar-refractivity contribution >= 4 is 17.2 Å². The zero-order chi connectivity index (χ0) is 25.6. The van der Waals surface area contributed by atoms with Crippen molar-refractivity contribution in [1.82, 2.24) is 30.2 Å². The number of H-pyrrole nitrogens is 1. The highest BCUT2D eigenvalue weighted by molar-refractivity contribution is 5.85. The van der Waals surface area contributed by atoms with E-state index in [-0.39, 0.29) is 6.61 Å². The van der Waals surface area contributed by atoms with Crippen LogP contribution in [0.2, 0.25) is 0 Å². The van der Waals surface area contributed by atoms with Crippen molar-refractivity contribution in [3.8, 4) is 34.3 Å². The lowest BCUT2D eigenvalue weighted by atomic mass is 9.98. The summed E-state index contributed by atoms with van der Waals surface area (Å²) in [6, 6.07) is 22.0. The second kappa shape index (κ2) is 10.9. The van der Waals surface area contributed by atoms with Gasteiger partial charge in [0.15, 0.2) is 11.6 Å². The van der Waals surface area contributed by atoms with Crippen molar-refractivity contribution in [3.05, 3.63) is 72.3 Å². The fourth-order valence-electron chi connectivity index (χ4n) is 4.09. The predicted octanol–water partition coefficient (Wildman–Crippen LogP) is 5.26. The molecule has 2 aromatic heterocycles. The molecule has 0 aliphatic carbocycles. The van der Waals surface area contributed by atoms with Gasteiger partial charge in [-0.25, -0.2) is 9.89 Å². The number of carbonyl (C=O) groups excluding carboxylic acids is 1. The number of fused-ring (bicyclic) bond motifs is 1. The molecule has 10 nitrogen and oxygen atoms in total. The summed E-state index contributed by atoms with van der Waals surface area (Å²) in [6.45, 7) is 4.97. The molecule has 0 atom stereocenters. The van der Waals surface area contributed by atoms with Gasteiger partial charge in [0.25, 0.3) is 6.01 Å². The lowest BCUT2D eigenvalue weighted by molar-refractivity contribution is 0.104. The lowest BCUT2D eigenvalue weighted by Gasteiger charge is -2.13. The van der Waals surface area contributed by atoms with Gasteiger partial charge in [0.05, 0.1) is 25.3 Å². The van der Waals surface area contributed by atoms with Gasteiger partial charge in [-0.3, -0.25) is 4.57 Å². The van der Waals surface area contributed by atoms with Crippen LogP contribution in [0, 0.1) is 0 Å². The van der Waals surface area contributed by atoms with Crippen LogP contribution >= 0.6 is 0 Å². The number of carbonyl (C=O) groups is 1. The number of ether oxygens (including phenoxy) is 3. The zero-order valence-corrected chi connectivity index (χ0v) is 20.5. The minimum atomic E-state index is -0.760. The van der Waals surface area contributed by atoms with Crippen LogP contribution < -0.4 is 9.47 Å². The Balaban J connectivity index is 1.49. The van der Waals surface area contributed by atoms with Crippen LogP contribution in [-0.2, 0) is 11.3 Å². The standard InChI is InChI=1S/C27H26N6O4/c1-3-16-36-26-28-22-10-7-11-23(37-27(34)35-4-2)24(22)33(26)17-18-12-14-19(15-13-18)20-8-5-6-9-21(20)25-29-31-32-30-25/h5-15H,3-4,16-17H2,1-2H3,(H,29,30,31,32). The number of benzene rings is 3. The Morgan fingerprint density at radius 1 is 0.973 bits per heavy atom. The van der Waals surface area contributed by atoms with Gasteiger partial charge in [-0.05, 0) is 52.6 Å². The van der Waals surface area contributed by atoms with Crippen molar-refractivity contribution in [2.24, 2.45) is 0 Å². The van der Waals surface area contributed by atoms with Crippen LogP contribution in [-0.4, -0.2) is 49.5 Å². The molecule has 188 valence electrons. The highest BCUT2D eigenvalue weighted by Gasteiger charge is 2.19. The van der Waals surface area contributed by atoms with Crippen molar-refractivity contribution in [2.75, 3.05) is 13.2 Å². The topological polar surface area (TPSA) is 117 Å². The Labute approximate surface area is 213 Å². The van der Waals surface area contributed by atoms with E-state index in [1.165, 1.54) is 0 Å².